The number of hydrogen-bond donors (Lipinski definition) is 1. The van der Waals surface area contributed by atoms with Gasteiger partial charge in [-0.05, 0) is 35.0 Å². The number of aromatic amines is 1. The second-order valence-electron chi connectivity index (χ2n) is 4.23. The van der Waals surface area contributed by atoms with Crippen LogP contribution in [0.15, 0.2) is 59.6 Å². The Labute approximate surface area is 108 Å². The summed E-state index contributed by atoms with van der Waals surface area (Å²) >= 11 is 0. The summed E-state index contributed by atoms with van der Waals surface area (Å²) in [5, 5.41) is 2.29. The molecular weight excluding hydrogens is 242 g/mol. The average molecular weight is 255 g/mol. The zero-order valence-corrected chi connectivity index (χ0v) is 10.8. The first kappa shape index (κ1) is 11.2. The fourth-order valence-corrected chi connectivity index (χ4v) is 2.94. The number of aromatic nitrogens is 1. The smallest absolute Gasteiger partial charge is 0.0505 e. The van der Waals surface area contributed by atoms with Gasteiger partial charge in [0.1, 0.15) is 0 Å². The minimum atomic E-state index is -1.00. The van der Waals surface area contributed by atoms with Crippen LogP contribution in [0.1, 0.15) is 0 Å². The fraction of sp³-hybridized carbons (Fsp3) is 0.0667. The van der Waals surface area contributed by atoms with Gasteiger partial charge in [0, 0.05) is 28.6 Å². The molecule has 0 saturated carbocycles. The molecule has 0 aliphatic heterocycles. The van der Waals surface area contributed by atoms with E-state index in [9.17, 15) is 4.21 Å². The van der Waals surface area contributed by atoms with Crippen LogP contribution in [0.3, 0.4) is 0 Å². The summed E-state index contributed by atoms with van der Waals surface area (Å²) in [4.78, 5) is 4.05. The normalized spacial score (nSPS) is 12.7. The van der Waals surface area contributed by atoms with Crippen LogP contribution in [-0.2, 0) is 10.8 Å². The number of nitrogens with one attached hydrogen (secondary N) is 1. The van der Waals surface area contributed by atoms with Crippen LogP contribution in [0.2, 0.25) is 0 Å². The largest absolute Gasteiger partial charge is 0.361 e. The summed E-state index contributed by atoms with van der Waals surface area (Å²) in [6, 6.07) is 16.2. The van der Waals surface area contributed by atoms with Gasteiger partial charge in [-0.3, -0.25) is 4.21 Å². The zero-order valence-electron chi connectivity index (χ0n) is 10.0. The molecule has 3 aromatic rings. The highest BCUT2D eigenvalue weighted by atomic mass is 32.2. The van der Waals surface area contributed by atoms with Crippen molar-refractivity contribution in [3.63, 3.8) is 0 Å². The summed E-state index contributed by atoms with van der Waals surface area (Å²) in [5.41, 5.74) is 2.02. The lowest BCUT2D eigenvalue weighted by Gasteiger charge is -2.08. The Bertz CT molecular complexity index is 716. The van der Waals surface area contributed by atoms with Crippen LogP contribution in [0.4, 0.5) is 0 Å². The third kappa shape index (κ3) is 1.87. The highest BCUT2D eigenvalue weighted by molar-refractivity contribution is 7.84. The number of rotatable bonds is 2. The van der Waals surface area contributed by atoms with E-state index in [1.807, 2.05) is 42.6 Å². The van der Waals surface area contributed by atoms with Gasteiger partial charge in [0.2, 0.25) is 0 Å². The molecule has 0 radical (unpaired) electrons. The maximum Gasteiger partial charge on any atom is 0.0505 e. The molecule has 0 bridgehead atoms. The van der Waals surface area contributed by atoms with Crippen LogP contribution >= 0.6 is 0 Å². The minimum absolute atomic E-state index is 0.871. The highest BCUT2D eigenvalue weighted by Crippen LogP contribution is 2.29. The lowest BCUT2D eigenvalue weighted by Crippen LogP contribution is -1.93. The summed E-state index contributed by atoms with van der Waals surface area (Å²) < 4.78 is 11.9. The Morgan fingerprint density at radius 2 is 1.72 bits per heavy atom. The number of H-pyrrole nitrogens is 1. The van der Waals surface area contributed by atoms with Crippen molar-refractivity contribution in [3.05, 3.63) is 54.7 Å². The topological polar surface area (TPSA) is 32.9 Å². The number of hydrogen-bond acceptors (Lipinski definition) is 1. The lowest BCUT2D eigenvalue weighted by atomic mass is 10.1. The molecule has 0 aliphatic carbocycles. The quantitative estimate of drug-likeness (QED) is 0.746. The van der Waals surface area contributed by atoms with E-state index in [0.29, 0.717) is 0 Å². The predicted molar refractivity (Wildman–Crippen MR) is 76.1 cm³/mol. The van der Waals surface area contributed by atoms with Gasteiger partial charge in [-0.15, -0.1) is 0 Å². The Morgan fingerprint density at radius 1 is 1.00 bits per heavy atom. The Morgan fingerprint density at radius 3 is 2.33 bits per heavy atom. The van der Waals surface area contributed by atoms with E-state index < -0.39 is 10.8 Å². The molecule has 2 aromatic carbocycles. The van der Waals surface area contributed by atoms with E-state index in [4.69, 9.17) is 0 Å². The molecule has 0 aliphatic rings. The molecule has 18 heavy (non-hydrogen) atoms. The molecule has 1 atom stereocenters. The molecule has 90 valence electrons. The van der Waals surface area contributed by atoms with Gasteiger partial charge in [-0.1, -0.05) is 24.3 Å². The first-order valence-corrected chi connectivity index (χ1v) is 7.31. The van der Waals surface area contributed by atoms with Gasteiger partial charge >= 0.3 is 0 Å². The van der Waals surface area contributed by atoms with E-state index in [0.717, 1.165) is 26.9 Å². The molecule has 3 rings (SSSR count). The van der Waals surface area contributed by atoms with E-state index in [1.165, 1.54) is 0 Å². The van der Waals surface area contributed by atoms with Crippen LogP contribution in [0.25, 0.3) is 22.0 Å². The second-order valence-corrected chi connectivity index (χ2v) is 5.58. The molecule has 1 heterocycles. The summed E-state index contributed by atoms with van der Waals surface area (Å²) in [6.07, 6.45) is 3.60. The highest BCUT2D eigenvalue weighted by Gasteiger charge is 2.10. The molecule has 0 spiro atoms. The van der Waals surface area contributed by atoms with E-state index >= 15 is 0 Å². The SMILES string of the molecule is CS(=O)c1cc2ccccc2cc1-c1ccc[nH]1. The van der Waals surface area contributed by atoms with Gasteiger partial charge in [0.25, 0.3) is 0 Å². The summed E-state index contributed by atoms with van der Waals surface area (Å²) in [6.45, 7) is 0. The predicted octanol–water partition coefficient (Wildman–Crippen LogP) is 3.57. The number of fused-ring (bicyclic) bond motifs is 1. The van der Waals surface area contributed by atoms with Crippen molar-refractivity contribution in [2.45, 2.75) is 4.90 Å². The van der Waals surface area contributed by atoms with E-state index in [2.05, 4.69) is 17.1 Å². The van der Waals surface area contributed by atoms with Crippen molar-refractivity contribution < 1.29 is 4.21 Å². The molecule has 1 aromatic heterocycles. The minimum Gasteiger partial charge on any atom is -0.361 e. The van der Waals surface area contributed by atoms with Gasteiger partial charge in [-0.25, -0.2) is 0 Å². The van der Waals surface area contributed by atoms with Crippen molar-refractivity contribution in [2.75, 3.05) is 6.26 Å². The maximum atomic E-state index is 11.9. The molecule has 0 saturated heterocycles. The molecule has 3 heteroatoms. The molecule has 1 unspecified atom stereocenters. The summed E-state index contributed by atoms with van der Waals surface area (Å²) in [7, 11) is -1.00. The molecular formula is C15H13NOS. The Balaban J connectivity index is 2.34. The molecule has 2 nitrogen and oxygen atoms in total. The van der Waals surface area contributed by atoms with Crippen LogP contribution < -0.4 is 0 Å². The fourth-order valence-electron chi connectivity index (χ4n) is 2.17. The zero-order chi connectivity index (χ0) is 12.5. The Hall–Kier alpha value is -1.87. The second kappa shape index (κ2) is 4.42. The Kier molecular flexibility index (Phi) is 2.76. The van der Waals surface area contributed by atoms with E-state index in [-0.39, 0.29) is 0 Å². The third-order valence-corrected chi connectivity index (χ3v) is 4.00. The van der Waals surface area contributed by atoms with Gasteiger partial charge in [0.05, 0.1) is 10.8 Å². The lowest BCUT2D eigenvalue weighted by molar-refractivity contribution is 0.687. The van der Waals surface area contributed by atoms with Crippen molar-refractivity contribution >= 4 is 21.6 Å². The van der Waals surface area contributed by atoms with Gasteiger partial charge in [-0.2, -0.15) is 0 Å². The van der Waals surface area contributed by atoms with Gasteiger partial charge < -0.3 is 4.98 Å². The van der Waals surface area contributed by atoms with Crippen LogP contribution in [-0.4, -0.2) is 15.4 Å². The monoisotopic (exact) mass is 255 g/mol. The third-order valence-electron chi connectivity index (χ3n) is 3.05. The molecule has 0 amide bonds. The standard InChI is InChI=1S/C15H13NOS/c1-18(17)15-10-12-6-3-2-5-11(12)9-13(15)14-7-4-8-16-14/h2-10,16H,1H3. The molecule has 0 fully saturated rings. The molecule has 1 N–H and O–H groups in total. The van der Waals surface area contributed by atoms with Crippen molar-refractivity contribution in [3.8, 4) is 11.3 Å². The summed E-state index contributed by atoms with van der Waals surface area (Å²) in [5.74, 6) is 0. The van der Waals surface area contributed by atoms with Gasteiger partial charge in [0.15, 0.2) is 0 Å². The maximum absolute atomic E-state index is 11.9. The first-order chi connectivity index (χ1) is 8.75. The van der Waals surface area contributed by atoms with Crippen molar-refractivity contribution in [1.29, 1.82) is 0 Å². The van der Waals surface area contributed by atoms with Crippen LogP contribution in [0.5, 0.6) is 0 Å². The van der Waals surface area contributed by atoms with E-state index in [1.54, 1.807) is 6.26 Å². The first-order valence-electron chi connectivity index (χ1n) is 5.76. The average Bonchev–Trinajstić information content (AvgIpc) is 2.91. The van der Waals surface area contributed by atoms with Crippen LogP contribution in [0, 0.1) is 0 Å². The number of benzene rings is 2. The van der Waals surface area contributed by atoms with Crippen molar-refractivity contribution in [2.24, 2.45) is 0 Å². The van der Waals surface area contributed by atoms with Crippen molar-refractivity contribution in [1.82, 2.24) is 4.98 Å².